The number of benzene rings is 1. The number of carbonyl (C=O) groups is 2. The molecule has 0 amide bonds. The largest absolute Gasteiger partial charge is 0.303 e. The van der Waals surface area contributed by atoms with Gasteiger partial charge in [-0.2, -0.15) is 5.10 Å². The smallest absolute Gasteiger partial charge is 0.124 e. The van der Waals surface area contributed by atoms with E-state index in [1.807, 2.05) is 6.20 Å². The molecule has 0 spiro atoms. The molecule has 4 nitrogen and oxygen atoms in total. The van der Waals surface area contributed by atoms with Crippen molar-refractivity contribution in [2.75, 3.05) is 0 Å². The van der Waals surface area contributed by atoms with E-state index in [1.54, 1.807) is 0 Å². The number of aldehydes is 2. The van der Waals surface area contributed by atoms with Crippen LogP contribution in [-0.2, 0) is 22.4 Å². The predicted molar refractivity (Wildman–Crippen MR) is 117 cm³/mol. The second-order valence-electron chi connectivity index (χ2n) is 10.1. The number of allylic oxidation sites excluding steroid dienone is 2. The van der Waals surface area contributed by atoms with E-state index in [9.17, 15) is 9.59 Å². The van der Waals surface area contributed by atoms with Gasteiger partial charge in [-0.3, -0.25) is 5.10 Å². The van der Waals surface area contributed by atoms with Crippen LogP contribution < -0.4 is 0 Å². The van der Waals surface area contributed by atoms with Crippen molar-refractivity contribution in [1.82, 2.24) is 10.2 Å². The van der Waals surface area contributed by atoms with Gasteiger partial charge >= 0.3 is 0 Å². The lowest BCUT2D eigenvalue weighted by atomic mass is 9.49. The summed E-state index contributed by atoms with van der Waals surface area (Å²) in [7, 11) is 0. The van der Waals surface area contributed by atoms with E-state index in [0.717, 1.165) is 37.7 Å². The molecule has 0 radical (unpaired) electrons. The van der Waals surface area contributed by atoms with Gasteiger partial charge in [-0.25, -0.2) is 0 Å². The van der Waals surface area contributed by atoms with Crippen LogP contribution in [0.4, 0.5) is 0 Å². The molecule has 1 heterocycles. The third-order valence-electron chi connectivity index (χ3n) is 8.82. The first-order chi connectivity index (χ1) is 14.5. The van der Waals surface area contributed by atoms with Crippen molar-refractivity contribution in [3.8, 4) is 0 Å². The molecule has 0 bridgehead atoms. The number of aromatic amines is 1. The Hall–Kier alpha value is -2.49. The van der Waals surface area contributed by atoms with E-state index in [4.69, 9.17) is 0 Å². The summed E-state index contributed by atoms with van der Waals surface area (Å²) in [6.45, 7) is 4.59. The summed E-state index contributed by atoms with van der Waals surface area (Å²) in [5, 5.41) is 7.28. The molecule has 6 atom stereocenters. The number of fused-ring (bicyclic) bond motifs is 2. The Morgan fingerprint density at radius 2 is 1.90 bits per heavy atom. The van der Waals surface area contributed by atoms with Gasteiger partial charge in [0.2, 0.25) is 0 Å². The fraction of sp³-hybridized carbons (Fsp3) is 0.500. The molecule has 156 valence electrons. The van der Waals surface area contributed by atoms with Crippen LogP contribution in [0.3, 0.4) is 0 Å². The molecule has 0 unspecified atom stereocenters. The maximum Gasteiger partial charge on any atom is 0.124 e. The quantitative estimate of drug-likeness (QED) is 0.756. The van der Waals surface area contributed by atoms with Gasteiger partial charge in [0.25, 0.3) is 0 Å². The summed E-state index contributed by atoms with van der Waals surface area (Å²) in [6, 6.07) is 10.6. The molecule has 30 heavy (non-hydrogen) atoms. The van der Waals surface area contributed by atoms with Crippen molar-refractivity contribution in [3.05, 3.63) is 59.4 Å². The van der Waals surface area contributed by atoms with Crippen molar-refractivity contribution in [1.29, 1.82) is 0 Å². The zero-order valence-electron chi connectivity index (χ0n) is 17.8. The highest BCUT2D eigenvalue weighted by Gasteiger charge is 2.57. The zero-order chi connectivity index (χ0) is 20.9. The highest BCUT2D eigenvalue weighted by atomic mass is 16.1. The van der Waals surface area contributed by atoms with E-state index >= 15 is 0 Å². The first kappa shape index (κ1) is 19.5. The first-order valence-corrected chi connectivity index (χ1v) is 11.2. The minimum absolute atomic E-state index is 0.0198. The maximum absolute atomic E-state index is 12.5. The molecule has 0 saturated heterocycles. The van der Waals surface area contributed by atoms with Gasteiger partial charge in [-0.05, 0) is 71.5 Å². The van der Waals surface area contributed by atoms with E-state index in [0.29, 0.717) is 12.3 Å². The number of hydrogen-bond donors (Lipinski definition) is 1. The standard InChI is InChI=1S/C26H30N2O2/c1-25-11-10-23(26(2)13-18-14-27-28-24(18)12-19(26)15-29)20(16-30)22(25)9-8-21(25)17-6-4-3-5-7-17/h3-8,14-16,19-20,22-23H,9-13H2,1-2H3,(H,27,28)/t19-,20+,22+,23+,25-,26+/m1/s1. The van der Waals surface area contributed by atoms with Crippen molar-refractivity contribution in [3.63, 3.8) is 0 Å². The average Bonchev–Trinajstić information content (AvgIpc) is 3.35. The van der Waals surface area contributed by atoms with Crippen molar-refractivity contribution >= 4 is 18.1 Å². The SMILES string of the molecule is C[C@]1([C@H]2CC[C@]3(C)C(c4ccccc4)=CC[C@H]3[C@@H]2C=O)Cc2cn[nH]c2C[C@@H]1C=O. The van der Waals surface area contributed by atoms with Crippen LogP contribution in [0.1, 0.15) is 49.9 Å². The fourth-order valence-electron chi connectivity index (χ4n) is 7.06. The van der Waals surface area contributed by atoms with Crippen LogP contribution >= 0.6 is 0 Å². The van der Waals surface area contributed by atoms with Gasteiger partial charge in [0, 0.05) is 17.5 Å². The van der Waals surface area contributed by atoms with Crippen LogP contribution in [0, 0.1) is 34.5 Å². The normalized spacial score (nSPS) is 37.7. The topological polar surface area (TPSA) is 62.8 Å². The van der Waals surface area contributed by atoms with E-state index in [2.05, 4.69) is 60.5 Å². The number of aromatic nitrogens is 2. The van der Waals surface area contributed by atoms with E-state index < -0.39 is 0 Å². The Labute approximate surface area is 178 Å². The third-order valence-corrected chi connectivity index (χ3v) is 8.82. The van der Waals surface area contributed by atoms with Gasteiger partial charge in [0.15, 0.2) is 0 Å². The molecule has 1 aromatic carbocycles. The van der Waals surface area contributed by atoms with Crippen LogP contribution in [-0.4, -0.2) is 22.8 Å². The van der Waals surface area contributed by atoms with Crippen LogP contribution in [0.25, 0.3) is 5.57 Å². The van der Waals surface area contributed by atoms with Gasteiger partial charge in [-0.1, -0.05) is 50.3 Å². The second kappa shape index (κ2) is 7.04. The molecule has 1 fully saturated rings. The summed E-state index contributed by atoms with van der Waals surface area (Å²) < 4.78 is 0. The Morgan fingerprint density at radius 3 is 2.63 bits per heavy atom. The number of rotatable bonds is 4. The molecular weight excluding hydrogens is 372 g/mol. The molecule has 1 aromatic heterocycles. The fourth-order valence-corrected chi connectivity index (χ4v) is 7.06. The van der Waals surface area contributed by atoms with Crippen molar-refractivity contribution < 1.29 is 9.59 Å². The number of H-pyrrole nitrogens is 1. The third kappa shape index (κ3) is 2.69. The Bertz CT molecular complexity index is 993. The maximum atomic E-state index is 12.5. The number of carbonyl (C=O) groups excluding carboxylic acids is 2. The molecule has 4 heteroatoms. The minimum atomic E-state index is -0.207. The molecule has 1 saturated carbocycles. The monoisotopic (exact) mass is 402 g/mol. The van der Waals surface area contributed by atoms with Gasteiger partial charge in [0.05, 0.1) is 6.20 Å². The highest BCUT2D eigenvalue weighted by molar-refractivity contribution is 5.74. The lowest BCUT2D eigenvalue weighted by molar-refractivity contribution is -0.129. The molecule has 3 aliphatic carbocycles. The van der Waals surface area contributed by atoms with Crippen LogP contribution in [0.5, 0.6) is 0 Å². The summed E-state index contributed by atoms with van der Waals surface area (Å²) >= 11 is 0. The molecule has 0 aliphatic heterocycles. The molecular formula is C26H30N2O2. The van der Waals surface area contributed by atoms with Crippen molar-refractivity contribution in [2.45, 2.75) is 46.0 Å². The summed E-state index contributed by atoms with van der Waals surface area (Å²) in [4.78, 5) is 24.7. The molecule has 3 aliphatic rings. The van der Waals surface area contributed by atoms with Gasteiger partial charge < -0.3 is 9.59 Å². The predicted octanol–water partition coefficient (Wildman–Crippen LogP) is 4.66. The Kier molecular flexibility index (Phi) is 4.57. The number of nitrogens with one attached hydrogen (secondary N) is 1. The van der Waals surface area contributed by atoms with Crippen LogP contribution in [0.2, 0.25) is 0 Å². The second-order valence-corrected chi connectivity index (χ2v) is 10.1. The average molecular weight is 403 g/mol. The summed E-state index contributed by atoms with van der Waals surface area (Å²) in [6.07, 6.45) is 11.1. The number of nitrogens with zero attached hydrogens (tertiary/aromatic N) is 1. The lowest BCUT2D eigenvalue weighted by Gasteiger charge is -2.54. The van der Waals surface area contributed by atoms with Gasteiger partial charge in [-0.15, -0.1) is 0 Å². The number of hydrogen-bond acceptors (Lipinski definition) is 3. The molecule has 5 rings (SSSR count). The van der Waals surface area contributed by atoms with E-state index in [-0.39, 0.29) is 28.6 Å². The van der Waals surface area contributed by atoms with Crippen molar-refractivity contribution in [2.24, 2.45) is 34.5 Å². The molecule has 1 N–H and O–H groups in total. The van der Waals surface area contributed by atoms with E-state index in [1.165, 1.54) is 23.0 Å². The summed E-state index contributed by atoms with van der Waals surface area (Å²) in [5.41, 5.74) is 4.79. The molecule has 2 aromatic rings. The highest BCUT2D eigenvalue weighted by Crippen LogP contribution is 2.63. The Morgan fingerprint density at radius 1 is 1.10 bits per heavy atom. The minimum Gasteiger partial charge on any atom is -0.303 e. The van der Waals surface area contributed by atoms with Gasteiger partial charge in [0.1, 0.15) is 12.6 Å². The lowest BCUT2D eigenvalue weighted by Crippen LogP contribution is -2.51. The first-order valence-electron chi connectivity index (χ1n) is 11.2. The van der Waals surface area contributed by atoms with Crippen LogP contribution in [0.15, 0.2) is 42.6 Å². The Balaban J connectivity index is 1.49. The summed E-state index contributed by atoms with van der Waals surface area (Å²) in [5.74, 6) is 0.418. The zero-order valence-corrected chi connectivity index (χ0v) is 17.8.